The van der Waals surface area contributed by atoms with Gasteiger partial charge in [0.15, 0.2) is 18.2 Å². The third-order valence-electron chi connectivity index (χ3n) is 5.71. The van der Waals surface area contributed by atoms with Crippen molar-refractivity contribution in [1.29, 1.82) is 0 Å². The van der Waals surface area contributed by atoms with Gasteiger partial charge in [0.25, 0.3) is 0 Å². The van der Waals surface area contributed by atoms with Crippen molar-refractivity contribution in [3.05, 3.63) is 24.0 Å². The fraction of sp³-hybridized carbons (Fsp3) is 0.731. The fourth-order valence-electron chi connectivity index (χ4n) is 3.75. The van der Waals surface area contributed by atoms with Crippen LogP contribution >= 0.6 is 11.8 Å². The van der Waals surface area contributed by atoms with Crippen molar-refractivity contribution < 1.29 is 27.4 Å². The van der Waals surface area contributed by atoms with E-state index < -0.39 is 28.4 Å². The van der Waals surface area contributed by atoms with E-state index in [9.17, 15) is 17.6 Å². The van der Waals surface area contributed by atoms with E-state index in [-0.39, 0.29) is 18.0 Å². The van der Waals surface area contributed by atoms with Crippen LogP contribution in [0.3, 0.4) is 0 Å². The minimum Gasteiger partial charge on any atom is -0.479 e. The van der Waals surface area contributed by atoms with Crippen molar-refractivity contribution >= 4 is 27.8 Å². The van der Waals surface area contributed by atoms with Crippen LogP contribution < -0.4 is 9.46 Å². The van der Waals surface area contributed by atoms with Crippen LogP contribution in [0.25, 0.3) is 0 Å². The predicted octanol–water partition coefficient (Wildman–Crippen LogP) is 6.78. The highest BCUT2D eigenvalue weighted by atomic mass is 32.2. The second-order valence-electron chi connectivity index (χ2n) is 8.93. The molecule has 0 spiro atoms. The lowest BCUT2D eigenvalue weighted by Gasteiger charge is -2.08. The molecule has 0 saturated heterocycles. The van der Waals surface area contributed by atoms with E-state index in [0.29, 0.717) is 17.1 Å². The molecule has 0 unspecified atom stereocenters. The number of carbonyl (C=O) groups is 1. The molecule has 0 fully saturated rings. The second-order valence-corrected chi connectivity index (χ2v) is 12.0. The summed E-state index contributed by atoms with van der Waals surface area (Å²) in [6.45, 7) is 1.91. The molecule has 0 aliphatic heterocycles. The van der Waals surface area contributed by atoms with E-state index in [1.54, 1.807) is 6.07 Å². The third kappa shape index (κ3) is 17.7. The molecule has 0 aliphatic carbocycles. The van der Waals surface area contributed by atoms with Gasteiger partial charge in [-0.15, -0.1) is 11.8 Å². The Labute approximate surface area is 215 Å². The molecule has 35 heavy (non-hydrogen) atoms. The first kappa shape index (κ1) is 31.7. The number of hydrogen-bond acceptors (Lipinski definition) is 5. The van der Waals surface area contributed by atoms with Gasteiger partial charge < -0.3 is 9.84 Å². The number of nitrogens with one attached hydrogen (secondary N) is 1. The Bertz CT molecular complexity index is 805. The van der Waals surface area contributed by atoms with Crippen molar-refractivity contribution in [2.24, 2.45) is 0 Å². The minimum atomic E-state index is -3.30. The zero-order valence-corrected chi connectivity index (χ0v) is 22.9. The second kappa shape index (κ2) is 19.8. The Hall–Kier alpha value is -1.32. The summed E-state index contributed by atoms with van der Waals surface area (Å²) in [7, 11) is -3.30. The zero-order chi connectivity index (χ0) is 25.8. The van der Waals surface area contributed by atoms with E-state index >= 15 is 0 Å². The normalized spacial score (nSPS) is 11.6. The minimum absolute atomic E-state index is 0.120. The molecule has 0 saturated carbocycles. The molecule has 0 amide bonds. The molecule has 9 heteroatoms. The van der Waals surface area contributed by atoms with Crippen LogP contribution in [0.4, 0.5) is 4.39 Å². The first-order valence-corrected chi connectivity index (χ1v) is 15.7. The summed E-state index contributed by atoms with van der Waals surface area (Å²) in [6, 6.07) is 4.25. The van der Waals surface area contributed by atoms with E-state index in [1.807, 2.05) is 0 Å². The molecular weight excluding hydrogens is 489 g/mol. The van der Waals surface area contributed by atoms with Crippen LogP contribution in [0.15, 0.2) is 23.1 Å². The van der Waals surface area contributed by atoms with Gasteiger partial charge in [0.2, 0.25) is 10.0 Å². The number of hydrogen-bond donors (Lipinski definition) is 2. The lowest BCUT2D eigenvalue weighted by Crippen LogP contribution is -2.28. The van der Waals surface area contributed by atoms with Crippen LogP contribution in [-0.2, 0) is 14.8 Å². The molecule has 0 atom stereocenters. The van der Waals surface area contributed by atoms with E-state index in [1.165, 1.54) is 94.5 Å². The Kier molecular flexibility index (Phi) is 18.0. The van der Waals surface area contributed by atoms with Gasteiger partial charge in [-0.2, -0.15) is 0 Å². The number of ether oxygens (including phenoxy) is 1. The molecule has 1 aromatic carbocycles. The van der Waals surface area contributed by atoms with Crippen LogP contribution in [-0.4, -0.2) is 44.2 Å². The predicted molar refractivity (Wildman–Crippen MR) is 142 cm³/mol. The Morgan fingerprint density at radius 3 is 2.00 bits per heavy atom. The van der Waals surface area contributed by atoms with Crippen LogP contribution in [0.1, 0.15) is 96.8 Å². The average molecular weight is 534 g/mol. The maximum atomic E-state index is 13.9. The molecule has 0 aromatic heterocycles. The summed E-state index contributed by atoms with van der Waals surface area (Å²) < 4.78 is 45.7. The molecule has 0 aliphatic rings. The van der Waals surface area contributed by atoms with Crippen molar-refractivity contribution in [2.45, 2.75) is 102 Å². The molecule has 0 heterocycles. The number of carboxylic acid groups (broad SMARTS) is 1. The SMILES string of the molecule is CCCCCCCCCCCCCCCCS(=O)(=O)NCCSc1ccc(OCC(=O)O)c(F)c1. The van der Waals surface area contributed by atoms with Gasteiger partial charge in [0.05, 0.1) is 5.75 Å². The summed E-state index contributed by atoms with van der Waals surface area (Å²) in [6.07, 6.45) is 17.2. The molecule has 2 N–H and O–H groups in total. The monoisotopic (exact) mass is 533 g/mol. The van der Waals surface area contributed by atoms with Crippen molar-refractivity contribution in [3.63, 3.8) is 0 Å². The highest BCUT2D eigenvalue weighted by Crippen LogP contribution is 2.24. The van der Waals surface area contributed by atoms with Crippen LogP contribution in [0.2, 0.25) is 0 Å². The number of carboxylic acids is 1. The summed E-state index contributed by atoms with van der Waals surface area (Å²) in [5.41, 5.74) is 0. The summed E-state index contributed by atoms with van der Waals surface area (Å²) in [5, 5.41) is 8.58. The average Bonchev–Trinajstić information content (AvgIpc) is 2.81. The summed E-state index contributed by atoms with van der Waals surface area (Å²) in [4.78, 5) is 11.1. The Morgan fingerprint density at radius 1 is 0.943 bits per heavy atom. The smallest absolute Gasteiger partial charge is 0.341 e. The zero-order valence-electron chi connectivity index (χ0n) is 21.2. The highest BCUT2D eigenvalue weighted by molar-refractivity contribution is 7.99. The number of sulfonamides is 1. The standard InChI is InChI=1S/C26H44FNO5S2/c1-2-3-4-5-6-7-8-9-10-11-12-13-14-15-20-35(31,32)28-18-19-34-23-16-17-25(24(27)21-23)33-22-26(29)30/h16-17,21,28H,2-15,18-20,22H2,1H3,(H,29,30). The molecule has 0 radical (unpaired) electrons. The van der Waals surface area contributed by atoms with E-state index in [2.05, 4.69) is 11.6 Å². The number of unbranched alkanes of at least 4 members (excludes halogenated alkanes) is 13. The molecule has 0 bridgehead atoms. The maximum absolute atomic E-state index is 13.9. The van der Waals surface area contributed by atoms with Crippen molar-refractivity contribution in [1.82, 2.24) is 4.72 Å². The first-order valence-electron chi connectivity index (χ1n) is 13.1. The lowest BCUT2D eigenvalue weighted by atomic mass is 10.0. The maximum Gasteiger partial charge on any atom is 0.341 e. The van der Waals surface area contributed by atoms with Crippen molar-refractivity contribution in [3.8, 4) is 5.75 Å². The molecule has 1 rings (SSSR count). The van der Waals surface area contributed by atoms with E-state index in [0.717, 1.165) is 12.8 Å². The number of rotatable bonds is 23. The van der Waals surface area contributed by atoms with Crippen molar-refractivity contribution in [2.75, 3.05) is 24.7 Å². The molecule has 202 valence electrons. The van der Waals surface area contributed by atoms with Gasteiger partial charge in [0, 0.05) is 17.2 Å². The number of halogens is 1. The van der Waals surface area contributed by atoms with E-state index in [4.69, 9.17) is 9.84 Å². The fourth-order valence-corrected chi connectivity index (χ4v) is 5.81. The van der Waals surface area contributed by atoms with Crippen LogP contribution in [0, 0.1) is 5.82 Å². The highest BCUT2D eigenvalue weighted by Gasteiger charge is 2.10. The van der Waals surface area contributed by atoms with Gasteiger partial charge in [-0.05, 0) is 24.6 Å². The largest absolute Gasteiger partial charge is 0.479 e. The summed E-state index contributed by atoms with van der Waals surface area (Å²) >= 11 is 1.32. The van der Waals surface area contributed by atoms with Gasteiger partial charge in [-0.3, -0.25) is 0 Å². The van der Waals surface area contributed by atoms with Gasteiger partial charge >= 0.3 is 5.97 Å². The molecular formula is C26H44FNO5S2. The Morgan fingerprint density at radius 2 is 1.49 bits per heavy atom. The molecule has 1 aromatic rings. The quantitative estimate of drug-likeness (QED) is 0.119. The first-order chi connectivity index (χ1) is 16.8. The van der Waals surface area contributed by atoms with Gasteiger partial charge in [0.1, 0.15) is 0 Å². The number of thioether (sulfide) groups is 1. The lowest BCUT2D eigenvalue weighted by molar-refractivity contribution is -0.139. The number of aliphatic carboxylic acids is 1. The molecule has 6 nitrogen and oxygen atoms in total. The van der Waals surface area contributed by atoms with Gasteiger partial charge in [-0.1, -0.05) is 90.4 Å². The topological polar surface area (TPSA) is 92.7 Å². The Balaban J connectivity index is 2.02. The number of benzene rings is 1. The third-order valence-corrected chi connectivity index (χ3v) is 8.18. The van der Waals surface area contributed by atoms with Gasteiger partial charge in [-0.25, -0.2) is 22.3 Å². The summed E-state index contributed by atoms with van der Waals surface area (Å²) in [5.74, 6) is -1.34. The van der Waals surface area contributed by atoms with Crippen LogP contribution in [0.5, 0.6) is 5.75 Å².